The van der Waals surface area contributed by atoms with E-state index in [1.165, 1.54) is 50.1 Å². The van der Waals surface area contributed by atoms with Gasteiger partial charge >= 0.3 is 0 Å². The molecular weight excluding hydrogens is 703 g/mol. The predicted octanol–water partition coefficient (Wildman–Crippen LogP) is 9.39. The minimum absolute atomic E-state index is 0. The third-order valence-electron chi connectivity index (χ3n) is 8.24. The fourth-order valence-corrected chi connectivity index (χ4v) is 5.62. The van der Waals surface area contributed by atoms with Gasteiger partial charge in [0.05, 0.1) is 0 Å². The van der Waals surface area contributed by atoms with Crippen molar-refractivity contribution in [1.29, 1.82) is 0 Å². The maximum Gasteiger partial charge on any atom is 0.0242 e. The molecule has 0 N–H and O–H groups in total. The summed E-state index contributed by atoms with van der Waals surface area (Å²) in [4.78, 5) is 13.3. The van der Waals surface area contributed by atoms with Gasteiger partial charge in [0.25, 0.3) is 0 Å². The van der Waals surface area contributed by atoms with Crippen molar-refractivity contribution in [1.82, 2.24) is 15.0 Å². The summed E-state index contributed by atoms with van der Waals surface area (Å²) in [5.41, 5.74) is 15.3. The largest absolute Gasteiger partial charge is 0.360 e. The van der Waals surface area contributed by atoms with Crippen LogP contribution >= 0.6 is 0 Å². The van der Waals surface area contributed by atoms with Gasteiger partial charge in [-0.3, -0.25) is 0 Å². The molecule has 0 amide bonds. The Kier molecular flexibility index (Phi) is 8.82. The van der Waals surface area contributed by atoms with Crippen LogP contribution in [0.15, 0.2) is 110 Å². The summed E-state index contributed by atoms with van der Waals surface area (Å²) >= 11 is 0. The molecule has 0 unspecified atom stereocenters. The zero-order chi connectivity index (χ0) is 29.3. The smallest absolute Gasteiger partial charge is 0.0242 e. The number of aromatic nitrogens is 3. The normalized spacial score (nSPS) is 12.3. The first kappa shape index (κ1) is 30.2. The predicted molar refractivity (Wildman–Crippen MR) is 172 cm³/mol. The Morgan fingerprint density at radius 1 is 0.605 bits per heavy atom. The van der Waals surface area contributed by atoms with E-state index < -0.39 is 0 Å². The molecule has 7 rings (SSSR count). The fraction of sp³-hybridized carbons (Fsp3) is 0.154. The van der Waals surface area contributed by atoms with Crippen LogP contribution in [-0.2, 0) is 25.5 Å². The molecule has 1 radical (unpaired) electrons. The zero-order valence-electron chi connectivity index (χ0n) is 25.1. The van der Waals surface area contributed by atoms with Gasteiger partial charge in [0.15, 0.2) is 0 Å². The van der Waals surface area contributed by atoms with Crippen molar-refractivity contribution in [2.24, 2.45) is 0 Å². The first-order chi connectivity index (χ1) is 20.3. The summed E-state index contributed by atoms with van der Waals surface area (Å²) in [7, 11) is 0. The van der Waals surface area contributed by atoms with Crippen LogP contribution in [0.4, 0.5) is 0 Å². The summed E-state index contributed by atoms with van der Waals surface area (Å²) in [5, 5.41) is 0. The van der Waals surface area contributed by atoms with Crippen molar-refractivity contribution in [3.05, 3.63) is 150 Å². The van der Waals surface area contributed by atoms with Gasteiger partial charge in [-0.2, -0.15) is 0 Å². The molecule has 0 saturated heterocycles. The summed E-state index contributed by atoms with van der Waals surface area (Å²) < 4.78 is 0. The molecule has 6 aromatic rings. The van der Waals surface area contributed by atoms with Crippen molar-refractivity contribution < 1.29 is 20.1 Å². The number of aryl methyl sites for hydroxylation is 3. The minimum atomic E-state index is 0. The number of rotatable bonds is 3. The average Bonchev–Trinajstić information content (AvgIpc) is 3.26. The van der Waals surface area contributed by atoms with E-state index >= 15 is 0 Å². The molecule has 0 spiro atoms. The molecule has 3 aromatic heterocycles. The molecule has 0 fully saturated rings. The second-order valence-electron chi connectivity index (χ2n) is 11.4. The Bertz CT molecular complexity index is 1880. The monoisotopic (exact) mass is 736 g/mol. The van der Waals surface area contributed by atoms with Crippen molar-refractivity contribution in [3.63, 3.8) is 0 Å². The van der Waals surface area contributed by atoms with Gasteiger partial charge in [-0.15, -0.1) is 47.0 Å². The van der Waals surface area contributed by atoms with E-state index in [2.05, 4.69) is 134 Å². The number of nitrogens with zero attached hydrogens (tertiary/aromatic N) is 3. The van der Waals surface area contributed by atoms with E-state index in [0.717, 1.165) is 22.5 Å². The second-order valence-corrected chi connectivity index (χ2v) is 11.4. The Morgan fingerprint density at radius 2 is 1.33 bits per heavy atom. The molecule has 0 bridgehead atoms. The molecule has 0 aliphatic heterocycles. The molecule has 3 nitrogen and oxygen atoms in total. The maximum atomic E-state index is 4.61. The van der Waals surface area contributed by atoms with Crippen LogP contribution in [0.2, 0.25) is 0 Å². The van der Waals surface area contributed by atoms with E-state index in [1.54, 1.807) is 6.20 Å². The number of hydrogen-bond donors (Lipinski definition) is 0. The Labute approximate surface area is 268 Å². The van der Waals surface area contributed by atoms with Gasteiger partial charge in [-0.05, 0) is 53.1 Å². The zero-order valence-corrected chi connectivity index (χ0v) is 27.5. The maximum absolute atomic E-state index is 4.61. The second kappa shape index (κ2) is 12.6. The number of hydrogen-bond acceptors (Lipinski definition) is 3. The number of benzene rings is 3. The molecule has 1 aliphatic rings. The summed E-state index contributed by atoms with van der Waals surface area (Å²) in [6, 6.07) is 36.0. The topological polar surface area (TPSA) is 38.7 Å². The third-order valence-corrected chi connectivity index (χ3v) is 8.24. The molecule has 43 heavy (non-hydrogen) atoms. The first-order valence-electron chi connectivity index (χ1n) is 14.3. The Morgan fingerprint density at radius 3 is 2.07 bits per heavy atom. The molecular formula is C39H33IrN3-2. The van der Waals surface area contributed by atoms with Gasteiger partial charge in [0.1, 0.15) is 0 Å². The van der Waals surface area contributed by atoms with Crippen LogP contribution in [0, 0.1) is 32.9 Å². The van der Waals surface area contributed by atoms with E-state index in [1.807, 2.05) is 30.7 Å². The minimum Gasteiger partial charge on any atom is -0.360 e. The van der Waals surface area contributed by atoms with Crippen molar-refractivity contribution in [2.45, 2.75) is 40.0 Å². The van der Waals surface area contributed by atoms with Crippen molar-refractivity contribution in [3.8, 4) is 44.8 Å². The summed E-state index contributed by atoms with van der Waals surface area (Å²) in [6.45, 7) is 10.9. The van der Waals surface area contributed by atoms with Crippen molar-refractivity contribution >= 4 is 0 Å². The fourth-order valence-electron chi connectivity index (χ4n) is 5.62. The van der Waals surface area contributed by atoms with Crippen LogP contribution in [-0.4, -0.2) is 15.0 Å². The van der Waals surface area contributed by atoms with Crippen LogP contribution in [0.1, 0.15) is 41.7 Å². The standard InChI is InChI=1S/C20H18N.C19H15N2.Ir/c1-14-9-10-18(20-11-15(2)16(3)13-21-20)12-19(14)17-7-5-4-6-8-17;1-19(2)16-8-4-3-7-14(16)15-12-21-18(10-17(15)19)13-6-5-9-20-11-13;/h4-9,11-13H,1-3H3;3-5,7-12H,1-2H3;/q2*-1;. The van der Waals surface area contributed by atoms with Crippen molar-refractivity contribution in [2.75, 3.05) is 0 Å². The molecule has 215 valence electrons. The Hall–Kier alpha value is -4.24. The van der Waals surface area contributed by atoms with E-state index in [9.17, 15) is 0 Å². The van der Waals surface area contributed by atoms with Crippen LogP contribution < -0.4 is 0 Å². The molecule has 0 atom stereocenters. The van der Waals surface area contributed by atoms with E-state index in [-0.39, 0.29) is 25.5 Å². The summed E-state index contributed by atoms with van der Waals surface area (Å²) in [6.07, 6.45) is 7.46. The van der Waals surface area contributed by atoms with Gasteiger partial charge < -0.3 is 15.0 Å². The van der Waals surface area contributed by atoms with Gasteiger partial charge in [0, 0.05) is 43.5 Å². The van der Waals surface area contributed by atoms with E-state index in [0.29, 0.717) is 0 Å². The van der Waals surface area contributed by atoms with Gasteiger partial charge in [-0.1, -0.05) is 111 Å². The first-order valence-corrected chi connectivity index (χ1v) is 14.3. The average molecular weight is 736 g/mol. The Balaban J connectivity index is 0.000000167. The van der Waals surface area contributed by atoms with Gasteiger partial charge in [0.2, 0.25) is 0 Å². The van der Waals surface area contributed by atoms with E-state index in [4.69, 9.17) is 0 Å². The number of fused-ring (bicyclic) bond motifs is 3. The number of pyridine rings is 3. The molecule has 0 saturated carbocycles. The molecule has 4 heteroatoms. The summed E-state index contributed by atoms with van der Waals surface area (Å²) in [5.74, 6) is 0. The van der Waals surface area contributed by atoms with Gasteiger partial charge in [-0.25, -0.2) is 0 Å². The molecule has 3 heterocycles. The van der Waals surface area contributed by atoms with Crippen LogP contribution in [0.3, 0.4) is 0 Å². The molecule has 3 aromatic carbocycles. The SMILES string of the molecule is CC1(C)c2ccccc2-c2cnc(-c3[c-]ccnc3)cc21.Cc1cnc(-c2[c-]cc(C)c(-c3ccccc3)c2)cc1C.[Ir]. The quantitative estimate of drug-likeness (QED) is 0.170. The third kappa shape index (κ3) is 5.99. The van der Waals surface area contributed by atoms with Crippen LogP contribution in [0.5, 0.6) is 0 Å². The molecule has 1 aliphatic carbocycles. The van der Waals surface area contributed by atoms with Crippen LogP contribution in [0.25, 0.3) is 44.8 Å².